The van der Waals surface area contributed by atoms with Crippen LogP contribution in [-0.4, -0.2) is 4.98 Å². The van der Waals surface area contributed by atoms with Gasteiger partial charge in [-0.3, -0.25) is 0 Å². The van der Waals surface area contributed by atoms with Gasteiger partial charge in [0.1, 0.15) is 5.82 Å². The van der Waals surface area contributed by atoms with Gasteiger partial charge in [0, 0.05) is 8.95 Å². The number of nitrogens with zero attached hydrogens (tertiary/aromatic N) is 1. The maximum Gasteiger partial charge on any atom is 0.214 e. The Labute approximate surface area is 122 Å². The molecule has 0 saturated heterocycles. The SMILES string of the molecule is CC(Nc1cccc(F)n1)c1ccc(Br)cc1Br. The Morgan fingerprint density at radius 2 is 2.00 bits per heavy atom. The zero-order valence-corrected chi connectivity index (χ0v) is 12.8. The maximum atomic E-state index is 13.0. The summed E-state index contributed by atoms with van der Waals surface area (Å²) in [6.45, 7) is 2.00. The van der Waals surface area contributed by atoms with E-state index in [0.717, 1.165) is 14.5 Å². The van der Waals surface area contributed by atoms with Gasteiger partial charge in [-0.25, -0.2) is 4.98 Å². The van der Waals surface area contributed by atoms with E-state index in [9.17, 15) is 4.39 Å². The Balaban J connectivity index is 2.19. The molecule has 0 amide bonds. The summed E-state index contributed by atoms with van der Waals surface area (Å²) in [5.41, 5.74) is 1.09. The molecule has 0 bridgehead atoms. The third-order valence-corrected chi connectivity index (χ3v) is 3.69. The molecule has 1 aromatic carbocycles. The molecule has 0 aliphatic rings. The predicted octanol–water partition coefficient (Wildman–Crippen LogP) is 4.92. The summed E-state index contributed by atoms with van der Waals surface area (Å²) in [5.74, 6) is 0.0411. The zero-order chi connectivity index (χ0) is 13.1. The highest BCUT2D eigenvalue weighted by Gasteiger charge is 2.10. The molecule has 0 fully saturated rings. The Morgan fingerprint density at radius 1 is 1.22 bits per heavy atom. The van der Waals surface area contributed by atoms with Gasteiger partial charge in [-0.1, -0.05) is 44.0 Å². The highest BCUT2D eigenvalue weighted by atomic mass is 79.9. The van der Waals surface area contributed by atoms with E-state index >= 15 is 0 Å². The van der Waals surface area contributed by atoms with Gasteiger partial charge in [-0.2, -0.15) is 4.39 Å². The molecule has 94 valence electrons. The fourth-order valence-corrected chi connectivity index (χ4v) is 3.03. The summed E-state index contributed by atoms with van der Waals surface area (Å²) < 4.78 is 15.0. The first-order valence-electron chi connectivity index (χ1n) is 5.40. The summed E-state index contributed by atoms with van der Waals surface area (Å²) in [7, 11) is 0. The Bertz CT molecular complexity index is 560. The van der Waals surface area contributed by atoms with Crippen molar-refractivity contribution in [2.45, 2.75) is 13.0 Å². The minimum Gasteiger partial charge on any atom is -0.363 e. The van der Waals surface area contributed by atoms with Crippen molar-refractivity contribution in [3.05, 3.63) is 56.9 Å². The molecular formula is C13H11Br2FN2. The summed E-state index contributed by atoms with van der Waals surface area (Å²) in [6.07, 6.45) is 0. The van der Waals surface area contributed by atoms with Crippen LogP contribution >= 0.6 is 31.9 Å². The number of anilines is 1. The number of hydrogen-bond acceptors (Lipinski definition) is 2. The summed E-state index contributed by atoms with van der Waals surface area (Å²) in [5, 5.41) is 3.16. The minimum atomic E-state index is -0.484. The number of pyridine rings is 1. The molecule has 1 unspecified atom stereocenters. The number of benzene rings is 1. The van der Waals surface area contributed by atoms with E-state index in [4.69, 9.17) is 0 Å². The monoisotopic (exact) mass is 372 g/mol. The standard InChI is InChI=1S/C13H11Br2FN2/c1-8(10-6-5-9(14)7-11(10)15)17-13-4-2-3-12(16)18-13/h2-8H,1H3,(H,17,18). The lowest BCUT2D eigenvalue weighted by molar-refractivity contribution is 0.584. The van der Waals surface area contributed by atoms with Crippen molar-refractivity contribution in [3.8, 4) is 0 Å². The smallest absolute Gasteiger partial charge is 0.214 e. The second kappa shape index (κ2) is 5.80. The molecule has 1 aromatic heterocycles. The van der Waals surface area contributed by atoms with Crippen LogP contribution in [0, 0.1) is 5.95 Å². The second-order valence-electron chi connectivity index (χ2n) is 3.88. The predicted molar refractivity (Wildman–Crippen MR) is 78.1 cm³/mol. The maximum absolute atomic E-state index is 13.0. The van der Waals surface area contributed by atoms with E-state index < -0.39 is 5.95 Å². The van der Waals surface area contributed by atoms with Gasteiger partial charge in [-0.15, -0.1) is 0 Å². The zero-order valence-electron chi connectivity index (χ0n) is 9.62. The number of aromatic nitrogens is 1. The van der Waals surface area contributed by atoms with Crippen LogP contribution in [0.1, 0.15) is 18.5 Å². The van der Waals surface area contributed by atoms with E-state index in [1.54, 1.807) is 12.1 Å². The van der Waals surface area contributed by atoms with E-state index in [1.807, 2.05) is 25.1 Å². The van der Waals surface area contributed by atoms with Crippen LogP contribution in [0.4, 0.5) is 10.2 Å². The molecule has 1 atom stereocenters. The minimum absolute atomic E-state index is 0.0294. The summed E-state index contributed by atoms with van der Waals surface area (Å²) >= 11 is 6.92. The average Bonchev–Trinajstić information content (AvgIpc) is 2.28. The summed E-state index contributed by atoms with van der Waals surface area (Å²) in [6, 6.07) is 10.7. The molecule has 0 radical (unpaired) electrons. The van der Waals surface area contributed by atoms with Gasteiger partial charge in [0.05, 0.1) is 6.04 Å². The molecule has 0 saturated carbocycles. The molecule has 0 aliphatic heterocycles. The normalized spacial score (nSPS) is 12.2. The van der Waals surface area contributed by atoms with E-state index in [0.29, 0.717) is 5.82 Å². The van der Waals surface area contributed by atoms with Gasteiger partial charge < -0.3 is 5.32 Å². The van der Waals surface area contributed by atoms with Crippen molar-refractivity contribution in [1.29, 1.82) is 0 Å². The van der Waals surface area contributed by atoms with Crippen LogP contribution in [0.2, 0.25) is 0 Å². The first-order valence-corrected chi connectivity index (χ1v) is 6.99. The molecule has 0 spiro atoms. The van der Waals surface area contributed by atoms with Gasteiger partial charge in [0.15, 0.2) is 0 Å². The molecule has 2 rings (SSSR count). The lowest BCUT2D eigenvalue weighted by Gasteiger charge is -2.16. The molecule has 18 heavy (non-hydrogen) atoms. The average molecular weight is 374 g/mol. The van der Waals surface area contributed by atoms with Crippen molar-refractivity contribution in [3.63, 3.8) is 0 Å². The lowest BCUT2D eigenvalue weighted by Crippen LogP contribution is -2.08. The van der Waals surface area contributed by atoms with Gasteiger partial charge in [0.25, 0.3) is 0 Å². The van der Waals surface area contributed by atoms with E-state index in [-0.39, 0.29) is 6.04 Å². The Morgan fingerprint density at radius 3 is 2.67 bits per heavy atom. The topological polar surface area (TPSA) is 24.9 Å². The van der Waals surface area contributed by atoms with Crippen molar-refractivity contribution in [2.75, 3.05) is 5.32 Å². The van der Waals surface area contributed by atoms with Crippen LogP contribution in [0.15, 0.2) is 45.3 Å². The Kier molecular flexibility index (Phi) is 4.35. The third kappa shape index (κ3) is 3.29. The largest absolute Gasteiger partial charge is 0.363 e. The van der Waals surface area contributed by atoms with Crippen molar-refractivity contribution < 1.29 is 4.39 Å². The lowest BCUT2D eigenvalue weighted by atomic mass is 10.1. The number of hydrogen-bond donors (Lipinski definition) is 1. The van der Waals surface area contributed by atoms with Gasteiger partial charge >= 0.3 is 0 Å². The van der Waals surface area contributed by atoms with Crippen LogP contribution in [-0.2, 0) is 0 Å². The molecule has 1 N–H and O–H groups in total. The first-order chi connectivity index (χ1) is 8.56. The number of nitrogens with one attached hydrogen (secondary N) is 1. The molecule has 1 heterocycles. The van der Waals surface area contributed by atoms with Crippen molar-refractivity contribution in [2.24, 2.45) is 0 Å². The van der Waals surface area contributed by atoms with Crippen LogP contribution in [0.5, 0.6) is 0 Å². The highest BCUT2D eigenvalue weighted by Crippen LogP contribution is 2.28. The molecule has 2 nitrogen and oxygen atoms in total. The fourth-order valence-electron chi connectivity index (χ4n) is 1.64. The molecular weight excluding hydrogens is 363 g/mol. The first kappa shape index (κ1) is 13.5. The highest BCUT2D eigenvalue weighted by molar-refractivity contribution is 9.11. The summed E-state index contributed by atoms with van der Waals surface area (Å²) in [4.78, 5) is 3.78. The van der Waals surface area contributed by atoms with Crippen LogP contribution in [0.25, 0.3) is 0 Å². The van der Waals surface area contributed by atoms with Gasteiger partial charge in [0.2, 0.25) is 5.95 Å². The van der Waals surface area contributed by atoms with Crippen LogP contribution in [0.3, 0.4) is 0 Å². The molecule has 0 aliphatic carbocycles. The van der Waals surface area contributed by atoms with Crippen LogP contribution < -0.4 is 5.32 Å². The van der Waals surface area contributed by atoms with E-state index in [2.05, 4.69) is 42.2 Å². The molecule has 5 heteroatoms. The van der Waals surface area contributed by atoms with Gasteiger partial charge in [-0.05, 0) is 36.8 Å². The third-order valence-electron chi connectivity index (χ3n) is 2.51. The fraction of sp³-hybridized carbons (Fsp3) is 0.154. The number of halogens is 3. The quantitative estimate of drug-likeness (QED) is 0.772. The molecule has 2 aromatic rings. The van der Waals surface area contributed by atoms with E-state index in [1.165, 1.54) is 6.07 Å². The Hall–Kier alpha value is -0.940. The van der Waals surface area contributed by atoms with Crippen molar-refractivity contribution in [1.82, 2.24) is 4.98 Å². The number of rotatable bonds is 3. The van der Waals surface area contributed by atoms with Crippen molar-refractivity contribution >= 4 is 37.7 Å². The second-order valence-corrected chi connectivity index (χ2v) is 5.65.